The first-order valence-corrected chi connectivity index (χ1v) is 13.2. The fourth-order valence-corrected chi connectivity index (χ4v) is 5.26. The van der Waals surface area contributed by atoms with E-state index in [-0.39, 0.29) is 36.3 Å². The minimum Gasteiger partial charge on any atom is -0.379 e. The molecule has 35 heavy (non-hydrogen) atoms. The Labute approximate surface area is 211 Å². The molecule has 0 aromatic heterocycles. The van der Waals surface area contributed by atoms with Gasteiger partial charge in [-0.05, 0) is 12.8 Å². The van der Waals surface area contributed by atoms with Crippen molar-refractivity contribution in [1.82, 2.24) is 26.8 Å². The fraction of sp³-hybridized carbons (Fsp3) is 0.818. The number of carbonyl (C=O) groups is 3. The predicted molar refractivity (Wildman–Crippen MR) is 131 cm³/mol. The lowest BCUT2D eigenvalue weighted by Crippen LogP contribution is -2.36. The van der Waals surface area contributed by atoms with Gasteiger partial charge in [0.25, 0.3) is 0 Å². The summed E-state index contributed by atoms with van der Waals surface area (Å²) < 4.78 is 21.5. The second kappa shape index (κ2) is 18.6. The van der Waals surface area contributed by atoms with Crippen LogP contribution in [0.2, 0.25) is 0 Å². The molecule has 0 bridgehead atoms. The molecule has 2 aliphatic heterocycles. The Kier molecular flexibility index (Phi) is 15.7. The molecule has 12 nitrogen and oxygen atoms in total. The normalized spacial score (nSPS) is 20.8. The molecule has 0 aromatic rings. The monoisotopic (exact) mass is 518 g/mol. The summed E-state index contributed by atoms with van der Waals surface area (Å²) in [5.74, 6) is 0.821. The zero-order valence-electron chi connectivity index (χ0n) is 20.3. The van der Waals surface area contributed by atoms with Crippen LogP contribution in [0.15, 0.2) is 0 Å². The van der Waals surface area contributed by atoms with Crippen molar-refractivity contribution in [3.63, 3.8) is 0 Å². The maximum absolute atomic E-state index is 11.9. The second-order valence-corrected chi connectivity index (χ2v) is 9.41. The molecule has 0 aromatic carbocycles. The predicted octanol–water partition coefficient (Wildman–Crippen LogP) is -0.303. The molecule has 5 N–H and O–H groups in total. The van der Waals surface area contributed by atoms with Crippen LogP contribution in [0.25, 0.3) is 0 Å². The van der Waals surface area contributed by atoms with Crippen molar-refractivity contribution in [3.8, 4) is 0 Å². The van der Waals surface area contributed by atoms with E-state index < -0.39 is 0 Å². The molecule has 2 heterocycles. The molecule has 2 fully saturated rings. The van der Waals surface area contributed by atoms with Crippen molar-refractivity contribution in [3.05, 3.63) is 7.05 Å². The van der Waals surface area contributed by atoms with E-state index in [9.17, 15) is 14.4 Å². The molecule has 0 aliphatic carbocycles. The summed E-state index contributed by atoms with van der Waals surface area (Å²) >= 11 is 1.90. The van der Waals surface area contributed by atoms with Crippen LogP contribution in [-0.2, 0) is 28.5 Å². The minimum absolute atomic E-state index is 0.0392. The summed E-state index contributed by atoms with van der Waals surface area (Å²) in [5, 5.41) is 9.24. The minimum atomic E-state index is -0.179. The Morgan fingerprint density at radius 2 is 1.54 bits per heavy atom. The maximum Gasteiger partial charge on any atom is 0.315 e. The Bertz CT molecular complexity index is 631. The third kappa shape index (κ3) is 13.3. The van der Waals surface area contributed by atoms with E-state index in [1.807, 2.05) is 11.8 Å². The van der Waals surface area contributed by atoms with Crippen LogP contribution in [0.5, 0.6) is 0 Å². The van der Waals surface area contributed by atoms with Crippen molar-refractivity contribution in [1.29, 1.82) is 0 Å². The number of amides is 4. The molecule has 1 radical (unpaired) electrons. The number of carbonyl (C=O) groups excluding carboxylic acids is 3. The van der Waals surface area contributed by atoms with Crippen molar-refractivity contribution in [2.45, 2.75) is 49.4 Å². The number of unbranched alkanes of at least 4 members (excludes halogenated alkanes) is 1. The van der Waals surface area contributed by atoms with Crippen molar-refractivity contribution < 1.29 is 33.3 Å². The average molecular weight is 519 g/mol. The second-order valence-electron chi connectivity index (χ2n) is 8.14. The molecular weight excluding hydrogens is 478 g/mol. The Morgan fingerprint density at radius 3 is 2.23 bits per heavy atom. The van der Waals surface area contributed by atoms with Gasteiger partial charge in [-0.2, -0.15) is 11.8 Å². The van der Waals surface area contributed by atoms with Gasteiger partial charge in [-0.15, -0.1) is 0 Å². The number of nitrogens with one attached hydrogen (secondary N) is 5. The highest BCUT2D eigenvalue weighted by Crippen LogP contribution is 2.33. The third-order valence-electron chi connectivity index (χ3n) is 5.47. The number of hydrogen-bond donors (Lipinski definition) is 5. The molecule has 3 atom stereocenters. The van der Waals surface area contributed by atoms with Gasteiger partial charge in [0.15, 0.2) is 0 Å². The van der Waals surface area contributed by atoms with Gasteiger partial charge in [0.05, 0.1) is 71.4 Å². The number of urea groups is 1. The van der Waals surface area contributed by atoms with Crippen LogP contribution in [0.4, 0.5) is 4.79 Å². The molecule has 201 valence electrons. The zero-order valence-corrected chi connectivity index (χ0v) is 21.1. The smallest absolute Gasteiger partial charge is 0.315 e. The largest absolute Gasteiger partial charge is 0.379 e. The van der Waals surface area contributed by atoms with Gasteiger partial charge >= 0.3 is 6.03 Å². The Hall–Kier alpha value is -1.64. The van der Waals surface area contributed by atoms with Crippen LogP contribution in [0, 0.1) is 7.05 Å². The van der Waals surface area contributed by atoms with E-state index >= 15 is 0 Å². The Balaban J connectivity index is 1.27. The molecule has 0 unspecified atom stereocenters. The number of thioether (sulfide) groups is 1. The first kappa shape index (κ1) is 29.6. The molecule has 2 rings (SSSR count). The van der Waals surface area contributed by atoms with Gasteiger partial charge in [-0.3, -0.25) is 15.0 Å². The molecule has 4 amide bonds. The average Bonchev–Trinajstić information content (AvgIpc) is 3.38. The molecule has 0 spiro atoms. The molecule has 2 aliphatic rings. The van der Waals surface area contributed by atoms with E-state index in [0.29, 0.717) is 71.1 Å². The topological polar surface area (TPSA) is 148 Å². The standard InChI is InChI=1S/C22H40N5O7S/c1-23-27-20(29)6-8-31-10-12-33-14-15-34-13-11-32-9-7-24-19(28)5-3-2-4-18-21-17(16-35-18)25-22(30)26-21/h17-18,21,23H,1-16H2,(H,24,28)(H,27,29)(H2,25,26,30)/t17-,18-,21-/m0/s1. The molecule has 2 saturated heterocycles. The van der Waals surface area contributed by atoms with E-state index in [0.717, 1.165) is 25.0 Å². The summed E-state index contributed by atoms with van der Waals surface area (Å²) in [6, 6.07) is 0.414. The highest BCUT2D eigenvalue weighted by molar-refractivity contribution is 8.00. The molecular formula is C22H40N5O7S. The number of hydrazine groups is 1. The zero-order chi connectivity index (χ0) is 25.1. The summed E-state index contributed by atoms with van der Waals surface area (Å²) in [5.41, 5.74) is 4.67. The van der Waals surface area contributed by atoms with Gasteiger partial charge < -0.3 is 34.9 Å². The summed E-state index contributed by atoms with van der Waals surface area (Å²) in [6.07, 6.45) is 3.60. The quantitative estimate of drug-likeness (QED) is 0.0784. The Morgan fingerprint density at radius 1 is 0.886 bits per heavy atom. The summed E-state index contributed by atoms with van der Waals surface area (Å²) in [4.78, 5) is 34.5. The van der Waals surface area contributed by atoms with Gasteiger partial charge in [0.1, 0.15) is 0 Å². The van der Waals surface area contributed by atoms with Crippen molar-refractivity contribution in [2.75, 3.05) is 65.2 Å². The number of rotatable bonds is 21. The highest BCUT2D eigenvalue weighted by atomic mass is 32.2. The number of fused-ring (bicyclic) bond motifs is 1. The third-order valence-corrected chi connectivity index (χ3v) is 6.98. The van der Waals surface area contributed by atoms with E-state index in [1.165, 1.54) is 0 Å². The van der Waals surface area contributed by atoms with E-state index in [1.54, 1.807) is 0 Å². The van der Waals surface area contributed by atoms with Crippen LogP contribution in [0.1, 0.15) is 32.1 Å². The van der Waals surface area contributed by atoms with Gasteiger partial charge in [-0.25, -0.2) is 10.2 Å². The number of ether oxygens (including phenoxy) is 4. The maximum atomic E-state index is 11.9. The molecule has 0 saturated carbocycles. The lowest BCUT2D eigenvalue weighted by atomic mass is 10.0. The van der Waals surface area contributed by atoms with Crippen LogP contribution >= 0.6 is 11.8 Å². The lowest BCUT2D eigenvalue weighted by molar-refractivity contribution is -0.123. The summed E-state index contributed by atoms with van der Waals surface area (Å²) in [6.45, 7) is 3.93. The molecule has 13 heteroatoms. The number of hydrogen-bond acceptors (Lipinski definition) is 9. The fourth-order valence-electron chi connectivity index (χ4n) is 3.71. The SMILES string of the molecule is [CH2]NNC(=O)CCOCCOCCOCCOCCNC(=O)CCCC[C@@H]1SC[C@@H]2NC(=O)N[C@@H]21. The van der Waals surface area contributed by atoms with Crippen molar-refractivity contribution in [2.24, 2.45) is 0 Å². The van der Waals surface area contributed by atoms with E-state index in [2.05, 4.69) is 33.8 Å². The van der Waals surface area contributed by atoms with Gasteiger partial charge in [-0.1, -0.05) is 6.42 Å². The van der Waals surface area contributed by atoms with Crippen LogP contribution < -0.4 is 26.8 Å². The lowest BCUT2D eigenvalue weighted by Gasteiger charge is -2.16. The first-order chi connectivity index (χ1) is 17.1. The first-order valence-electron chi connectivity index (χ1n) is 12.2. The summed E-state index contributed by atoms with van der Waals surface area (Å²) in [7, 11) is 3.29. The van der Waals surface area contributed by atoms with E-state index in [4.69, 9.17) is 18.9 Å². The van der Waals surface area contributed by atoms with Crippen LogP contribution in [0.3, 0.4) is 0 Å². The van der Waals surface area contributed by atoms with Crippen LogP contribution in [-0.4, -0.2) is 100 Å². The van der Waals surface area contributed by atoms with Gasteiger partial charge in [0, 0.05) is 31.0 Å². The highest BCUT2D eigenvalue weighted by Gasteiger charge is 2.42. The van der Waals surface area contributed by atoms with Gasteiger partial charge in [0.2, 0.25) is 11.8 Å². The van der Waals surface area contributed by atoms with Crippen molar-refractivity contribution >= 4 is 29.6 Å².